The van der Waals surface area contributed by atoms with Crippen LogP contribution in [0.15, 0.2) is 340 Å². The van der Waals surface area contributed by atoms with Crippen LogP contribution in [0.3, 0.4) is 0 Å². The maximum atomic E-state index is 12.1. The highest BCUT2D eigenvalue weighted by atomic mass is 16.3. The second-order valence-corrected chi connectivity index (χ2v) is 44.6. The van der Waals surface area contributed by atoms with Crippen LogP contribution in [-0.2, 0) is 50.5 Å². The molecule has 0 saturated carbocycles. The fraction of sp³-hybridized carbons (Fsp3) is 0.438. The third-order valence-corrected chi connectivity index (χ3v) is 30.9. The summed E-state index contributed by atoms with van der Waals surface area (Å²) in [7, 11) is 0. The van der Waals surface area contributed by atoms with E-state index in [1.807, 2.05) is 194 Å². The van der Waals surface area contributed by atoms with Crippen molar-refractivity contribution in [2.24, 2.45) is 23.7 Å². The fourth-order valence-corrected chi connectivity index (χ4v) is 21.8. The molecule has 0 radical (unpaired) electrons. The van der Waals surface area contributed by atoms with E-state index in [1.165, 1.54) is 27.8 Å². The predicted octanol–water partition coefficient (Wildman–Crippen LogP) is 25.3. The molecule has 140 heavy (non-hydrogen) atoms. The zero-order valence-electron chi connectivity index (χ0n) is 86.1. The number of rotatable bonds is 32. The summed E-state index contributed by atoms with van der Waals surface area (Å²) in [6.45, 7) is 38.0. The Morgan fingerprint density at radius 3 is 0.607 bits per heavy atom. The molecule has 12 aromatic carbocycles. The lowest BCUT2D eigenvalue weighted by molar-refractivity contribution is -0.0158. The van der Waals surface area contributed by atoms with Crippen LogP contribution in [0.2, 0.25) is 0 Å². The van der Waals surface area contributed by atoms with Crippen molar-refractivity contribution >= 4 is 0 Å². The summed E-state index contributed by atoms with van der Waals surface area (Å²) in [5.74, 6) is 0.675. The maximum absolute atomic E-state index is 12.1. The smallest absolute Gasteiger partial charge is 0.117 e. The van der Waals surface area contributed by atoms with Crippen LogP contribution >= 0.6 is 0 Å². The van der Waals surface area contributed by atoms with Crippen LogP contribution in [0.1, 0.15) is 287 Å². The summed E-state index contributed by atoms with van der Waals surface area (Å²) in [5.41, 5.74) is 14.0. The van der Waals surface area contributed by atoms with E-state index in [-0.39, 0.29) is 51.4 Å². The first-order valence-electron chi connectivity index (χ1n) is 52.5. The summed E-state index contributed by atoms with van der Waals surface area (Å²) in [5, 5.41) is 91.0. The van der Waals surface area contributed by atoms with E-state index in [2.05, 4.69) is 248 Å². The highest BCUT2D eigenvalue weighted by Crippen LogP contribution is 2.48. The van der Waals surface area contributed by atoms with E-state index >= 15 is 0 Å². The lowest BCUT2D eigenvalue weighted by Gasteiger charge is -2.42. The van der Waals surface area contributed by atoms with Crippen molar-refractivity contribution in [1.82, 2.24) is 19.6 Å². The molecule has 0 bridgehead atoms. The summed E-state index contributed by atoms with van der Waals surface area (Å²) in [6.07, 6.45) is 12.7. The number of nitrogens with zero attached hydrogens (tertiary/aromatic N) is 4. The fourth-order valence-electron chi connectivity index (χ4n) is 21.8. The van der Waals surface area contributed by atoms with Gasteiger partial charge in [0, 0.05) is 13.1 Å². The van der Waals surface area contributed by atoms with Crippen molar-refractivity contribution in [1.29, 1.82) is 0 Å². The molecule has 16 rings (SSSR count). The van der Waals surface area contributed by atoms with Gasteiger partial charge in [0.05, 0.1) is 24.4 Å². The van der Waals surface area contributed by atoms with Gasteiger partial charge in [-0.25, -0.2) is 0 Å². The van der Waals surface area contributed by atoms with Gasteiger partial charge < -0.3 is 60.5 Å². The highest BCUT2D eigenvalue weighted by molar-refractivity contribution is 5.43. The van der Waals surface area contributed by atoms with Crippen LogP contribution in [0.4, 0.5) is 0 Å². The van der Waals surface area contributed by atoms with Crippen LogP contribution in [-0.4, -0.2) is 145 Å². The van der Waals surface area contributed by atoms with E-state index < -0.39 is 40.7 Å². The zero-order valence-corrected chi connectivity index (χ0v) is 86.1. The molecule has 12 aromatic rings. The Balaban J connectivity index is 0.000000157. The molecule has 12 heteroatoms. The zero-order chi connectivity index (χ0) is 99.6. The summed E-state index contributed by atoms with van der Waals surface area (Å²) in [6, 6.07) is 115. The van der Waals surface area contributed by atoms with Gasteiger partial charge in [0.2, 0.25) is 0 Å². The van der Waals surface area contributed by atoms with Crippen LogP contribution in [0, 0.1) is 23.7 Å². The third-order valence-electron chi connectivity index (χ3n) is 30.9. The summed E-state index contributed by atoms with van der Waals surface area (Å²) >= 11 is 0. The molecule has 2 unspecified atom stereocenters. The van der Waals surface area contributed by atoms with Crippen molar-refractivity contribution in [2.75, 3.05) is 78.5 Å². The standard InChI is InChI=1S/C33H43NO2.2C32H41NO2.C31H39NO2/c1-32(2,3)27-17-14-26(15-18-27)16-19-31(35)22-25-34-23-20-30(21-24-34)33(36,28-10-6-4-7-11-28)29-12-8-5-9-13-29;2*1-31(2,3)26-18-16-25(17-19-26)30(34)15-10-22-33-23-20-29(21-24-33)32(35,27-11-6-4-7-12-27)28-13-8-5-9-14-28;1-30(2,3)25-16-14-24(15-17-25)29(33)20-23-32-21-18-28(19-22-32)31(34,26-10-6-4-7-11-26)27-12-8-5-9-13-27/h4-15,17-18,30-31,35-36H,16,19-25H2,1-3H3;2*4-9,11-14,16-19,29-30,34-35H,10,15,20-24H2,1-3H3;4-17,28-29,33-34H,18-23H2,1-3H3/t;2*30-;/m.00./s1. The van der Waals surface area contributed by atoms with Crippen LogP contribution in [0.25, 0.3) is 0 Å². The molecule has 0 aliphatic carbocycles. The molecule has 12 nitrogen and oxygen atoms in total. The van der Waals surface area contributed by atoms with Gasteiger partial charge in [-0.3, -0.25) is 0 Å². The van der Waals surface area contributed by atoms with Crippen molar-refractivity contribution in [3.05, 3.63) is 429 Å². The largest absolute Gasteiger partial charge is 0.393 e. The molecule has 4 aliphatic rings. The minimum atomic E-state index is -0.983. The Labute approximate surface area is 840 Å². The van der Waals surface area contributed by atoms with Gasteiger partial charge in [-0.1, -0.05) is 423 Å². The number of aliphatic hydroxyl groups is 8. The van der Waals surface area contributed by atoms with Gasteiger partial charge in [0.15, 0.2) is 0 Å². The Hall–Kier alpha value is -9.84. The summed E-state index contributed by atoms with van der Waals surface area (Å²) in [4.78, 5) is 9.86. The van der Waals surface area contributed by atoms with Gasteiger partial charge in [-0.15, -0.1) is 0 Å². The van der Waals surface area contributed by atoms with Crippen LogP contribution < -0.4 is 0 Å². The molecule has 0 amide bonds. The predicted molar refractivity (Wildman–Crippen MR) is 578 cm³/mol. The van der Waals surface area contributed by atoms with Crippen molar-refractivity contribution in [3.63, 3.8) is 0 Å². The second kappa shape index (κ2) is 49.9. The normalized spacial score (nSPS) is 16.8. The minimum absolute atomic E-state index is 0.120. The molecule has 0 spiro atoms. The molecular formula is C128H164N4O8. The van der Waals surface area contributed by atoms with Gasteiger partial charge in [-0.05, 0) is 303 Å². The molecule has 4 atom stereocenters. The highest BCUT2D eigenvalue weighted by Gasteiger charge is 2.46. The Morgan fingerprint density at radius 1 is 0.214 bits per heavy atom. The Kier molecular flexibility index (Phi) is 38.3. The van der Waals surface area contributed by atoms with Crippen molar-refractivity contribution < 1.29 is 40.9 Å². The average Bonchev–Trinajstić information content (AvgIpc) is 0.777. The topological polar surface area (TPSA) is 175 Å². The molecule has 8 N–H and O–H groups in total. The van der Waals surface area contributed by atoms with Crippen molar-refractivity contribution in [2.45, 2.75) is 254 Å². The lowest BCUT2D eigenvalue weighted by Crippen LogP contribution is -2.44. The van der Waals surface area contributed by atoms with Gasteiger partial charge in [0.25, 0.3) is 0 Å². The number of hydrogen-bond donors (Lipinski definition) is 8. The van der Waals surface area contributed by atoms with Gasteiger partial charge in [0.1, 0.15) is 22.4 Å². The molecule has 4 saturated heterocycles. The maximum Gasteiger partial charge on any atom is 0.117 e. The first-order valence-corrected chi connectivity index (χ1v) is 52.5. The number of hydrogen-bond acceptors (Lipinski definition) is 12. The Morgan fingerprint density at radius 2 is 0.400 bits per heavy atom. The molecule has 0 aromatic heterocycles. The quantitative estimate of drug-likeness (QED) is 0.0201. The minimum Gasteiger partial charge on any atom is -0.393 e. The summed E-state index contributed by atoms with van der Waals surface area (Å²) < 4.78 is 0. The van der Waals surface area contributed by atoms with E-state index in [1.54, 1.807) is 0 Å². The SMILES string of the molecule is CC(C)(C)c1ccc(C(O)CCN2CCC(C(O)(c3ccccc3)c3ccccc3)CC2)cc1.CC(C)(C)c1ccc(CCC(O)CCN2CCC(C(O)(c3ccccc3)c3ccccc3)CC2)cc1.CC(C)(C)c1ccc([C@@H](O)CCCN2CCC(C(O)(c3ccccc3)c3ccccc3)CC2)cc1.CC(C)(C)c1ccc([C@@H](O)CCCN2CCC(C(O)(c3ccccc3)c3ccccc3)CC2)cc1. The first-order chi connectivity index (χ1) is 67.1. The van der Waals surface area contributed by atoms with E-state index in [9.17, 15) is 40.9 Å². The lowest BCUT2D eigenvalue weighted by atomic mass is 9.72. The molecule has 4 fully saturated rings. The van der Waals surface area contributed by atoms with Crippen molar-refractivity contribution in [3.8, 4) is 0 Å². The molecule has 4 heterocycles. The second-order valence-electron chi connectivity index (χ2n) is 44.6. The average molecular weight is 1890 g/mol. The molecular weight excluding hydrogens is 1720 g/mol. The monoisotopic (exact) mass is 1890 g/mol. The van der Waals surface area contributed by atoms with E-state index in [0.717, 1.165) is 242 Å². The third kappa shape index (κ3) is 28.6. The first kappa shape index (κ1) is 107. The Bertz CT molecular complexity index is 5190. The van der Waals surface area contributed by atoms with E-state index in [0.29, 0.717) is 0 Å². The number of aliphatic hydroxyl groups excluding tert-OH is 4. The number of aryl methyl sites for hydroxylation is 1. The van der Waals surface area contributed by atoms with Gasteiger partial charge >= 0.3 is 0 Å². The van der Waals surface area contributed by atoms with Crippen LogP contribution in [0.5, 0.6) is 0 Å². The number of benzene rings is 12. The number of likely N-dealkylation sites (tertiary alicyclic amines) is 4. The van der Waals surface area contributed by atoms with E-state index in [4.69, 9.17) is 0 Å². The molecule has 744 valence electrons. The molecule has 4 aliphatic heterocycles. The number of piperidine rings is 4. The van der Waals surface area contributed by atoms with Gasteiger partial charge in [-0.2, -0.15) is 0 Å².